The van der Waals surface area contributed by atoms with Crippen LogP contribution in [0.5, 0.6) is 0 Å². The summed E-state index contributed by atoms with van der Waals surface area (Å²) in [5, 5.41) is 0. The monoisotopic (exact) mass is 289 g/mol. The molecule has 0 radical (unpaired) electrons. The van der Waals surface area contributed by atoms with Crippen LogP contribution in [0.15, 0.2) is 17.8 Å². The van der Waals surface area contributed by atoms with Gasteiger partial charge < -0.3 is 14.2 Å². The van der Waals surface area contributed by atoms with Crippen LogP contribution in [0.2, 0.25) is 0 Å². The van der Waals surface area contributed by atoms with Gasteiger partial charge in [0.2, 0.25) is 5.91 Å². The number of hydrogen-bond acceptors (Lipinski definition) is 3. The molecule has 2 heterocycles. The molecule has 1 aromatic rings. The average molecular weight is 289 g/mol. The SMILES string of the molecule is COCc1cnc2n1CCN(C(=O)C1=CCCCC1)[C@H]2C. The Hall–Kier alpha value is -1.62. The van der Waals surface area contributed by atoms with Crippen molar-refractivity contribution >= 4 is 5.91 Å². The van der Waals surface area contributed by atoms with Gasteiger partial charge in [-0.15, -0.1) is 0 Å². The van der Waals surface area contributed by atoms with Gasteiger partial charge in [-0.3, -0.25) is 4.79 Å². The molecule has 0 fully saturated rings. The highest BCUT2D eigenvalue weighted by Gasteiger charge is 2.31. The molecule has 1 amide bonds. The fraction of sp³-hybridized carbons (Fsp3) is 0.625. The zero-order valence-corrected chi connectivity index (χ0v) is 12.8. The largest absolute Gasteiger partial charge is 0.378 e. The maximum Gasteiger partial charge on any atom is 0.250 e. The molecule has 1 atom stereocenters. The summed E-state index contributed by atoms with van der Waals surface area (Å²) in [6.07, 6.45) is 8.28. The van der Waals surface area contributed by atoms with Crippen molar-refractivity contribution in [2.45, 2.75) is 51.8 Å². The minimum Gasteiger partial charge on any atom is -0.378 e. The Labute approximate surface area is 125 Å². The first-order valence-electron chi connectivity index (χ1n) is 7.75. The Morgan fingerprint density at radius 3 is 3.00 bits per heavy atom. The topological polar surface area (TPSA) is 47.4 Å². The van der Waals surface area contributed by atoms with Crippen LogP contribution in [-0.4, -0.2) is 34.0 Å². The van der Waals surface area contributed by atoms with Gasteiger partial charge >= 0.3 is 0 Å². The number of rotatable bonds is 3. The number of nitrogens with zero attached hydrogens (tertiary/aromatic N) is 3. The lowest BCUT2D eigenvalue weighted by Gasteiger charge is -2.35. The third-order valence-electron chi connectivity index (χ3n) is 4.49. The van der Waals surface area contributed by atoms with E-state index in [-0.39, 0.29) is 11.9 Å². The van der Waals surface area contributed by atoms with Crippen LogP contribution in [0.25, 0.3) is 0 Å². The first kappa shape index (κ1) is 14.3. The van der Waals surface area contributed by atoms with Crippen molar-refractivity contribution in [2.75, 3.05) is 13.7 Å². The number of carbonyl (C=O) groups excluding carboxylic acids is 1. The fourth-order valence-electron chi connectivity index (χ4n) is 3.32. The molecule has 0 bridgehead atoms. The highest BCUT2D eigenvalue weighted by atomic mass is 16.5. The van der Waals surface area contributed by atoms with E-state index >= 15 is 0 Å². The second-order valence-corrected chi connectivity index (χ2v) is 5.84. The summed E-state index contributed by atoms with van der Waals surface area (Å²) >= 11 is 0. The van der Waals surface area contributed by atoms with Crippen LogP contribution in [-0.2, 0) is 22.7 Å². The highest BCUT2D eigenvalue weighted by molar-refractivity contribution is 5.93. The van der Waals surface area contributed by atoms with E-state index in [9.17, 15) is 4.79 Å². The van der Waals surface area contributed by atoms with E-state index in [1.54, 1.807) is 7.11 Å². The van der Waals surface area contributed by atoms with Crippen LogP contribution in [0.4, 0.5) is 0 Å². The quantitative estimate of drug-likeness (QED) is 0.858. The molecule has 1 aliphatic carbocycles. The van der Waals surface area contributed by atoms with Gasteiger partial charge in [0, 0.05) is 25.8 Å². The van der Waals surface area contributed by atoms with Crippen LogP contribution >= 0.6 is 0 Å². The zero-order valence-electron chi connectivity index (χ0n) is 12.8. The second-order valence-electron chi connectivity index (χ2n) is 5.84. The number of allylic oxidation sites excluding steroid dienone is 1. The van der Waals surface area contributed by atoms with Crippen molar-refractivity contribution in [1.82, 2.24) is 14.5 Å². The molecule has 5 heteroatoms. The zero-order chi connectivity index (χ0) is 14.8. The van der Waals surface area contributed by atoms with E-state index < -0.39 is 0 Å². The standard InChI is InChI=1S/C16H23N3O2/c1-12-15-17-10-14(11-21-2)19(15)9-8-18(12)16(20)13-6-4-3-5-7-13/h6,10,12H,3-5,7-9,11H2,1-2H3/t12-/m0/s1. The Kier molecular flexibility index (Phi) is 4.10. The molecule has 0 unspecified atom stereocenters. The Bertz CT molecular complexity index is 562. The first-order chi connectivity index (χ1) is 10.2. The van der Waals surface area contributed by atoms with Gasteiger partial charge in [-0.25, -0.2) is 4.98 Å². The smallest absolute Gasteiger partial charge is 0.250 e. The van der Waals surface area contributed by atoms with Crippen LogP contribution < -0.4 is 0 Å². The van der Waals surface area contributed by atoms with E-state index in [2.05, 4.69) is 22.6 Å². The summed E-state index contributed by atoms with van der Waals surface area (Å²) in [5.74, 6) is 1.17. The number of hydrogen-bond donors (Lipinski definition) is 0. The van der Waals surface area contributed by atoms with Crippen molar-refractivity contribution in [1.29, 1.82) is 0 Å². The number of imidazole rings is 1. The molecule has 0 spiro atoms. The molecule has 0 saturated carbocycles. The number of amides is 1. The van der Waals surface area contributed by atoms with Gasteiger partial charge in [0.1, 0.15) is 5.82 Å². The van der Waals surface area contributed by atoms with Gasteiger partial charge in [0.15, 0.2) is 0 Å². The maximum absolute atomic E-state index is 12.7. The normalized spacial score (nSPS) is 21.9. The van der Waals surface area contributed by atoms with Crippen molar-refractivity contribution in [3.05, 3.63) is 29.4 Å². The highest BCUT2D eigenvalue weighted by Crippen LogP contribution is 2.29. The summed E-state index contributed by atoms with van der Waals surface area (Å²) in [7, 11) is 1.69. The molecule has 0 saturated heterocycles. The molecule has 21 heavy (non-hydrogen) atoms. The number of methoxy groups -OCH3 is 1. The molecule has 1 aromatic heterocycles. The number of ether oxygens (including phenoxy) is 1. The maximum atomic E-state index is 12.7. The minimum absolute atomic E-state index is 0.0275. The van der Waals surface area contributed by atoms with Crippen LogP contribution in [0, 0.1) is 0 Å². The summed E-state index contributed by atoms with van der Waals surface area (Å²) in [5.41, 5.74) is 2.08. The summed E-state index contributed by atoms with van der Waals surface area (Å²) < 4.78 is 7.39. The third-order valence-corrected chi connectivity index (χ3v) is 4.49. The van der Waals surface area contributed by atoms with Crippen molar-refractivity contribution in [3.63, 3.8) is 0 Å². The van der Waals surface area contributed by atoms with Gasteiger partial charge in [0.25, 0.3) is 0 Å². The third kappa shape index (κ3) is 2.62. The van der Waals surface area contributed by atoms with Gasteiger partial charge in [0.05, 0.1) is 24.5 Å². The summed E-state index contributed by atoms with van der Waals surface area (Å²) in [4.78, 5) is 19.2. The molecular formula is C16H23N3O2. The number of aromatic nitrogens is 2. The molecule has 2 aliphatic rings. The van der Waals surface area contributed by atoms with Crippen LogP contribution in [0.3, 0.4) is 0 Å². The molecular weight excluding hydrogens is 266 g/mol. The fourth-order valence-corrected chi connectivity index (χ4v) is 3.32. The van der Waals surface area contributed by atoms with Crippen molar-refractivity contribution in [3.8, 4) is 0 Å². The van der Waals surface area contributed by atoms with Crippen LogP contribution in [0.1, 0.15) is 50.2 Å². The van der Waals surface area contributed by atoms with Crippen molar-refractivity contribution in [2.24, 2.45) is 0 Å². The summed E-state index contributed by atoms with van der Waals surface area (Å²) in [6.45, 7) is 4.18. The number of carbonyl (C=O) groups is 1. The van der Waals surface area contributed by atoms with Gasteiger partial charge in [-0.1, -0.05) is 6.08 Å². The lowest BCUT2D eigenvalue weighted by molar-refractivity contribution is -0.130. The second kappa shape index (κ2) is 6.02. The molecule has 0 aromatic carbocycles. The van der Waals surface area contributed by atoms with Crippen molar-refractivity contribution < 1.29 is 9.53 Å². The Balaban J connectivity index is 1.80. The lowest BCUT2D eigenvalue weighted by atomic mass is 9.98. The lowest BCUT2D eigenvalue weighted by Crippen LogP contribution is -2.42. The Morgan fingerprint density at radius 1 is 1.43 bits per heavy atom. The predicted octanol–water partition coefficient (Wildman–Crippen LogP) is 2.43. The first-order valence-corrected chi connectivity index (χ1v) is 7.75. The van der Waals surface area contributed by atoms with Gasteiger partial charge in [-0.2, -0.15) is 0 Å². The molecule has 3 rings (SSSR count). The number of fused-ring (bicyclic) bond motifs is 1. The van der Waals surface area contributed by atoms with E-state index in [0.717, 1.165) is 49.4 Å². The summed E-state index contributed by atoms with van der Waals surface area (Å²) in [6, 6.07) is 0.0275. The molecule has 0 N–H and O–H groups in total. The average Bonchev–Trinajstić information content (AvgIpc) is 2.92. The van der Waals surface area contributed by atoms with E-state index in [1.807, 2.05) is 11.1 Å². The molecule has 1 aliphatic heterocycles. The van der Waals surface area contributed by atoms with E-state index in [1.165, 1.54) is 6.42 Å². The minimum atomic E-state index is 0.0275. The van der Waals surface area contributed by atoms with E-state index in [0.29, 0.717) is 6.61 Å². The van der Waals surface area contributed by atoms with Gasteiger partial charge in [-0.05, 0) is 32.6 Å². The Morgan fingerprint density at radius 2 is 2.29 bits per heavy atom. The molecule has 114 valence electrons. The molecule has 5 nitrogen and oxygen atoms in total. The predicted molar refractivity (Wildman–Crippen MR) is 79.6 cm³/mol. The van der Waals surface area contributed by atoms with E-state index in [4.69, 9.17) is 4.74 Å².